The lowest BCUT2D eigenvalue weighted by Gasteiger charge is -2.37. The summed E-state index contributed by atoms with van der Waals surface area (Å²) in [6, 6.07) is 0. The van der Waals surface area contributed by atoms with Crippen LogP contribution in [0.2, 0.25) is 0 Å². The zero-order valence-corrected chi connectivity index (χ0v) is 12.9. The molecule has 3 rings (SSSR count). The van der Waals surface area contributed by atoms with E-state index < -0.39 is 0 Å². The lowest BCUT2D eigenvalue weighted by molar-refractivity contribution is 0.109. The Balaban J connectivity index is 1.88. The van der Waals surface area contributed by atoms with Gasteiger partial charge in [-0.1, -0.05) is 13.8 Å². The molecule has 0 saturated carbocycles. The Morgan fingerprint density at radius 2 is 2.19 bits per heavy atom. The van der Waals surface area contributed by atoms with Crippen LogP contribution in [0.5, 0.6) is 0 Å². The first-order valence-electron chi connectivity index (χ1n) is 7.36. The summed E-state index contributed by atoms with van der Waals surface area (Å²) in [5.41, 5.74) is 3.83. The zero-order valence-electron chi connectivity index (χ0n) is 12.9. The molecule has 21 heavy (non-hydrogen) atoms. The Bertz CT molecular complexity index is 646. The van der Waals surface area contributed by atoms with Crippen molar-refractivity contribution in [2.75, 3.05) is 18.5 Å². The topological polar surface area (TPSA) is 84.9 Å². The maximum Gasteiger partial charge on any atom is 0.163 e. The van der Waals surface area contributed by atoms with Gasteiger partial charge in [-0.3, -0.25) is 9.58 Å². The van der Waals surface area contributed by atoms with E-state index in [0.717, 1.165) is 36.5 Å². The van der Waals surface area contributed by atoms with Crippen molar-refractivity contribution < 1.29 is 0 Å². The second-order valence-corrected chi connectivity index (χ2v) is 6.62. The first kappa shape index (κ1) is 14.2. The number of likely N-dealkylation sites (tertiary alicyclic amines) is 1. The van der Waals surface area contributed by atoms with Crippen LogP contribution in [0.25, 0.3) is 11.0 Å². The number of nitrogens with one attached hydrogen (secondary N) is 1. The SMILES string of the molecule is Cn1ncc2c(NN)nc(CN3CCCC(C)(C)C3)nc21. The molecular formula is C14H23N7. The maximum absolute atomic E-state index is 5.58. The quantitative estimate of drug-likeness (QED) is 0.654. The molecule has 2 aromatic heterocycles. The number of aryl methyl sites for hydroxylation is 1. The lowest BCUT2D eigenvalue weighted by atomic mass is 9.84. The number of fused-ring (bicyclic) bond motifs is 1. The minimum Gasteiger partial charge on any atom is -0.308 e. The van der Waals surface area contributed by atoms with E-state index in [-0.39, 0.29) is 0 Å². The number of anilines is 1. The van der Waals surface area contributed by atoms with Gasteiger partial charge in [0.25, 0.3) is 0 Å². The van der Waals surface area contributed by atoms with Crippen molar-refractivity contribution in [1.82, 2.24) is 24.6 Å². The molecule has 0 aromatic carbocycles. The second-order valence-electron chi connectivity index (χ2n) is 6.62. The van der Waals surface area contributed by atoms with Gasteiger partial charge in [0, 0.05) is 13.6 Å². The molecule has 0 unspecified atom stereocenters. The van der Waals surface area contributed by atoms with Crippen LogP contribution in [-0.4, -0.2) is 37.7 Å². The third-order valence-electron chi connectivity index (χ3n) is 4.12. The van der Waals surface area contributed by atoms with Gasteiger partial charge < -0.3 is 5.43 Å². The fourth-order valence-electron chi connectivity index (χ4n) is 3.13. The van der Waals surface area contributed by atoms with E-state index in [1.165, 1.54) is 12.8 Å². The molecule has 0 bridgehead atoms. The van der Waals surface area contributed by atoms with Gasteiger partial charge in [-0.25, -0.2) is 15.8 Å². The molecule has 1 saturated heterocycles. The number of hydrogen-bond acceptors (Lipinski definition) is 6. The van der Waals surface area contributed by atoms with Crippen molar-refractivity contribution in [3.05, 3.63) is 12.0 Å². The first-order chi connectivity index (χ1) is 9.98. The Kier molecular flexibility index (Phi) is 3.54. The maximum atomic E-state index is 5.58. The fraction of sp³-hybridized carbons (Fsp3) is 0.643. The highest BCUT2D eigenvalue weighted by Crippen LogP contribution is 2.29. The van der Waals surface area contributed by atoms with Crippen molar-refractivity contribution in [2.45, 2.75) is 33.2 Å². The smallest absolute Gasteiger partial charge is 0.163 e. The van der Waals surface area contributed by atoms with Crippen LogP contribution in [0.3, 0.4) is 0 Å². The van der Waals surface area contributed by atoms with E-state index in [1.807, 2.05) is 7.05 Å². The van der Waals surface area contributed by atoms with E-state index in [0.29, 0.717) is 11.2 Å². The van der Waals surface area contributed by atoms with Crippen molar-refractivity contribution in [3.63, 3.8) is 0 Å². The molecule has 0 spiro atoms. The monoisotopic (exact) mass is 289 g/mol. The Morgan fingerprint density at radius 3 is 2.90 bits per heavy atom. The van der Waals surface area contributed by atoms with Gasteiger partial charge in [0.1, 0.15) is 5.82 Å². The van der Waals surface area contributed by atoms with Gasteiger partial charge >= 0.3 is 0 Å². The highest BCUT2D eigenvalue weighted by atomic mass is 15.3. The number of nitrogens with two attached hydrogens (primary N) is 1. The van der Waals surface area contributed by atoms with Crippen molar-refractivity contribution in [1.29, 1.82) is 0 Å². The fourth-order valence-corrected chi connectivity index (χ4v) is 3.13. The van der Waals surface area contributed by atoms with E-state index in [2.05, 4.69) is 39.2 Å². The summed E-state index contributed by atoms with van der Waals surface area (Å²) < 4.78 is 1.75. The average molecular weight is 289 g/mol. The predicted molar refractivity (Wildman–Crippen MR) is 82.4 cm³/mol. The van der Waals surface area contributed by atoms with Gasteiger partial charge in [0.05, 0.1) is 18.1 Å². The summed E-state index contributed by atoms with van der Waals surface area (Å²) in [5, 5.41) is 5.07. The number of nitrogen functional groups attached to an aromatic ring is 1. The molecular weight excluding hydrogens is 266 g/mol. The highest BCUT2D eigenvalue weighted by molar-refractivity contribution is 5.86. The van der Waals surface area contributed by atoms with E-state index >= 15 is 0 Å². The number of hydrogen-bond donors (Lipinski definition) is 2. The van der Waals surface area contributed by atoms with Crippen molar-refractivity contribution in [2.24, 2.45) is 18.3 Å². The van der Waals surface area contributed by atoms with Gasteiger partial charge in [0.15, 0.2) is 11.5 Å². The summed E-state index contributed by atoms with van der Waals surface area (Å²) in [6.45, 7) is 7.56. The van der Waals surface area contributed by atoms with Crippen molar-refractivity contribution in [3.8, 4) is 0 Å². The van der Waals surface area contributed by atoms with Gasteiger partial charge in [-0.2, -0.15) is 5.10 Å². The molecule has 2 aromatic rings. The summed E-state index contributed by atoms with van der Waals surface area (Å²) in [4.78, 5) is 11.6. The van der Waals surface area contributed by atoms with Crippen LogP contribution in [-0.2, 0) is 13.6 Å². The minimum atomic E-state index is 0.365. The number of nitrogens with zero attached hydrogens (tertiary/aromatic N) is 5. The number of hydrazine groups is 1. The summed E-state index contributed by atoms with van der Waals surface area (Å²) in [6.07, 6.45) is 4.24. The van der Waals surface area contributed by atoms with Crippen LogP contribution in [0, 0.1) is 5.41 Å². The van der Waals surface area contributed by atoms with Crippen LogP contribution >= 0.6 is 0 Å². The van der Waals surface area contributed by atoms with E-state index in [4.69, 9.17) is 5.84 Å². The molecule has 114 valence electrons. The van der Waals surface area contributed by atoms with Crippen LogP contribution in [0.15, 0.2) is 6.20 Å². The predicted octanol–water partition coefficient (Wildman–Crippen LogP) is 1.27. The van der Waals surface area contributed by atoms with Crippen molar-refractivity contribution >= 4 is 16.9 Å². The molecule has 0 atom stereocenters. The molecule has 7 nitrogen and oxygen atoms in total. The molecule has 1 aliphatic heterocycles. The van der Waals surface area contributed by atoms with Crippen LogP contribution in [0.1, 0.15) is 32.5 Å². The molecule has 3 heterocycles. The van der Waals surface area contributed by atoms with Gasteiger partial charge in [0.2, 0.25) is 0 Å². The average Bonchev–Trinajstić information content (AvgIpc) is 2.79. The third-order valence-corrected chi connectivity index (χ3v) is 4.12. The highest BCUT2D eigenvalue weighted by Gasteiger charge is 2.27. The number of piperidine rings is 1. The Labute approximate surface area is 124 Å². The normalized spacial score (nSPS) is 19.0. The molecule has 1 aliphatic rings. The molecule has 0 amide bonds. The second kappa shape index (κ2) is 5.23. The first-order valence-corrected chi connectivity index (χ1v) is 7.36. The van der Waals surface area contributed by atoms with Gasteiger partial charge in [-0.05, 0) is 24.8 Å². The van der Waals surface area contributed by atoms with Gasteiger partial charge in [-0.15, -0.1) is 0 Å². The zero-order chi connectivity index (χ0) is 15.0. The molecule has 0 radical (unpaired) electrons. The number of aromatic nitrogens is 4. The summed E-state index contributed by atoms with van der Waals surface area (Å²) >= 11 is 0. The summed E-state index contributed by atoms with van der Waals surface area (Å²) in [5.74, 6) is 7.01. The number of rotatable bonds is 3. The standard InChI is InChI=1S/C14H23N7/c1-14(2)5-4-6-21(9-14)8-11-17-12(19-15)10-7-16-20(3)13(10)18-11/h7H,4-6,8-9,15H2,1-3H3,(H,17,18,19). The lowest BCUT2D eigenvalue weighted by Crippen LogP contribution is -2.39. The van der Waals surface area contributed by atoms with Crippen LogP contribution < -0.4 is 11.3 Å². The Morgan fingerprint density at radius 1 is 1.38 bits per heavy atom. The minimum absolute atomic E-state index is 0.365. The molecule has 1 fully saturated rings. The Hall–Kier alpha value is -1.73. The van der Waals surface area contributed by atoms with E-state index in [9.17, 15) is 0 Å². The van der Waals surface area contributed by atoms with E-state index in [1.54, 1.807) is 10.9 Å². The third kappa shape index (κ3) is 2.84. The summed E-state index contributed by atoms with van der Waals surface area (Å²) in [7, 11) is 1.88. The molecule has 3 N–H and O–H groups in total. The molecule has 0 aliphatic carbocycles. The molecule has 7 heteroatoms. The van der Waals surface area contributed by atoms with Crippen LogP contribution in [0.4, 0.5) is 5.82 Å². The largest absolute Gasteiger partial charge is 0.308 e.